The summed E-state index contributed by atoms with van der Waals surface area (Å²) in [4.78, 5) is 0. The second-order valence-electron chi connectivity index (χ2n) is 3.32. The van der Waals surface area contributed by atoms with Gasteiger partial charge in [-0.05, 0) is 36.1 Å². The third-order valence-electron chi connectivity index (χ3n) is 2.63. The summed E-state index contributed by atoms with van der Waals surface area (Å²) in [5.74, 6) is 6.37. The van der Waals surface area contributed by atoms with Crippen LogP contribution < -0.4 is 16.0 Å². The van der Waals surface area contributed by atoms with Gasteiger partial charge in [0.25, 0.3) is 0 Å². The lowest BCUT2D eigenvalue weighted by molar-refractivity contribution is 0.414. The molecule has 1 atom stereocenters. The van der Waals surface area contributed by atoms with Crippen LogP contribution in [0.2, 0.25) is 0 Å². The van der Waals surface area contributed by atoms with Crippen molar-refractivity contribution in [3.05, 3.63) is 29.3 Å². The predicted molar refractivity (Wildman–Crippen MR) is 51.4 cm³/mol. The van der Waals surface area contributed by atoms with Crippen molar-refractivity contribution in [1.82, 2.24) is 5.43 Å². The van der Waals surface area contributed by atoms with Gasteiger partial charge in [0.1, 0.15) is 5.75 Å². The molecular formula is C10H14N2O. The summed E-state index contributed by atoms with van der Waals surface area (Å²) in [5.41, 5.74) is 5.47. The van der Waals surface area contributed by atoms with Gasteiger partial charge in [0.2, 0.25) is 0 Å². The molecule has 2 rings (SSSR count). The second kappa shape index (κ2) is 3.36. The van der Waals surface area contributed by atoms with E-state index in [2.05, 4.69) is 17.6 Å². The zero-order valence-corrected chi connectivity index (χ0v) is 7.71. The van der Waals surface area contributed by atoms with E-state index in [9.17, 15) is 0 Å². The fraction of sp³-hybridized carbons (Fsp3) is 0.400. The van der Waals surface area contributed by atoms with Gasteiger partial charge in [0.05, 0.1) is 7.11 Å². The molecule has 3 nitrogen and oxygen atoms in total. The lowest BCUT2D eigenvalue weighted by Gasteiger charge is -2.09. The Balaban J connectivity index is 2.34. The summed E-state index contributed by atoms with van der Waals surface area (Å²) < 4.78 is 5.16. The van der Waals surface area contributed by atoms with Gasteiger partial charge in [-0.25, -0.2) is 0 Å². The first kappa shape index (κ1) is 8.53. The lowest BCUT2D eigenvalue weighted by atomic mass is 10.1. The van der Waals surface area contributed by atoms with Gasteiger partial charge in [-0.15, -0.1) is 0 Å². The van der Waals surface area contributed by atoms with Crippen LogP contribution in [0.3, 0.4) is 0 Å². The number of benzene rings is 1. The number of hydrogen-bond donors (Lipinski definition) is 2. The molecule has 1 aliphatic rings. The Morgan fingerprint density at radius 3 is 3.08 bits per heavy atom. The third-order valence-corrected chi connectivity index (χ3v) is 2.63. The number of nitrogens with two attached hydrogens (primary N) is 1. The highest BCUT2D eigenvalue weighted by atomic mass is 16.5. The molecule has 1 aliphatic carbocycles. The van der Waals surface area contributed by atoms with Crippen molar-refractivity contribution in [2.75, 3.05) is 7.11 Å². The van der Waals surface area contributed by atoms with Crippen LogP contribution in [0.5, 0.6) is 5.75 Å². The fourth-order valence-corrected chi connectivity index (χ4v) is 1.89. The summed E-state index contributed by atoms with van der Waals surface area (Å²) in [6, 6.07) is 6.48. The molecule has 13 heavy (non-hydrogen) atoms. The molecule has 0 saturated carbocycles. The normalized spacial score (nSPS) is 20.0. The minimum atomic E-state index is 0.320. The highest BCUT2D eigenvalue weighted by Gasteiger charge is 2.21. The van der Waals surface area contributed by atoms with E-state index in [1.54, 1.807) is 7.11 Å². The van der Waals surface area contributed by atoms with E-state index in [-0.39, 0.29) is 0 Å². The van der Waals surface area contributed by atoms with Gasteiger partial charge in [-0.1, -0.05) is 6.07 Å². The van der Waals surface area contributed by atoms with E-state index >= 15 is 0 Å². The SMILES string of the molecule is COc1ccc2c(c1)CC[C@H]2NN. The monoisotopic (exact) mass is 178 g/mol. The summed E-state index contributed by atoms with van der Waals surface area (Å²) in [6.07, 6.45) is 2.17. The largest absolute Gasteiger partial charge is 0.497 e. The first-order valence-corrected chi connectivity index (χ1v) is 4.48. The highest BCUT2D eigenvalue weighted by Crippen LogP contribution is 2.32. The van der Waals surface area contributed by atoms with E-state index in [4.69, 9.17) is 10.6 Å². The minimum absolute atomic E-state index is 0.320. The summed E-state index contributed by atoms with van der Waals surface area (Å²) >= 11 is 0. The maximum atomic E-state index is 5.44. The zero-order chi connectivity index (χ0) is 9.26. The van der Waals surface area contributed by atoms with Crippen molar-refractivity contribution in [2.45, 2.75) is 18.9 Å². The number of hydrazine groups is 1. The number of hydrogen-bond acceptors (Lipinski definition) is 3. The first-order valence-electron chi connectivity index (χ1n) is 4.48. The van der Waals surface area contributed by atoms with Gasteiger partial charge in [0.15, 0.2) is 0 Å². The molecule has 0 amide bonds. The number of nitrogens with one attached hydrogen (secondary N) is 1. The Bertz CT molecular complexity index is 312. The molecule has 0 aliphatic heterocycles. The van der Waals surface area contributed by atoms with Crippen molar-refractivity contribution in [3.63, 3.8) is 0 Å². The van der Waals surface area contributed by atoms with Crippen LogP contribution in [-0.2, 0) is 6.42 Å². The van der Waals surface area contributed by atoms with Crippen LogP contribution in [0.1, 0.15) is 23.6 Å². The Kier molecular flexibility index (Phi) is 2.20. The summed E-state index contributed by atoms with van der Waals surface area (Å²) in [7, 11) is 1.69. The molecule has 0 heterocycles. The molecule has 1 aromatic carbocycles. The van der Waals surface area contributed by atoms with E-state index in [1.165, 1.54) is 11.1 Å². The molecule has 0 aromatic heterocycles. The van der Waals surface area contributed by atoms with Gasteiger partial charge < -0.3 is 4.74 Å². The molecular weight excluding hydrogens is 164 g/mol. The predicted octanol–water partition coefficient (Wildman–Crippen LogP) is 1.15. The van der Waals surface area contributed by atoms with E-state index in [1.807, 2.05) is 6.07 Å². The molecule has 1 aromatic rings. The van der Waals surface area contributed by atoms with Crippen LogP contribution >= 0.6 is 0 Å². The standard InChI is InChI=1S/C10H14N2O/c1-13-8-3-4-9-7(6-8)2-5-10(9)12-11/h3-4,6,10,12H,2,5,11H2,1H3/t10-/m1/s1. The van der Waals surface area contributed by atoms with Crippen molar-refractivity contribution in [2.24, 2.45) is 5.84 Å². The van der Waals surface area contributed by atoms with Crippen molar-refractivity contribution < 1.29 is 4.74 Å². The molecule has 0 fully saturated rings. The Morgan fingerprint density at radius 2 is 2.38 bits per heavy atom. The van der Waals surface area contributed by atoms with Crippen molar-refractivity contribution in [1.29, 1.82) is 0 Å². The number of rotatable bonds is 2. The van der Waals surface area contributed by atoms with Crippen LogP contribution in [-0.4, -0.2) is 7.11 Å². The average molecular weight is 178 g/mol. The van der Waals surface area contributed by atoms with Crippen LogP contribution in [0.25, 0.3) is 0 Å². The molecule has 0 bridgehead atoms. The van der Waals surface area contributed by atoms with Gasteiger partial charge in [-0.2, -0.15) is 0 Å². The molecule has 0 unspecified atom stereocenters. The van der Waals surface area contributed by atoms with Gasteiger partial charge >= 0.3 is 0 Å². The second-order valence-corrected chi connectivity index (χ2v) is 3.32. The minimum Gasteiger partial charge on any atom is -0.497 e. The Morgan fingerprint density at radius 1 is 1.54 bits per heavy atom. The third kappa shape index (κ3) is 1.41. The van der Waals surface area contributed by atoms with E-state index in [0.717, 1.165) is 18.6 Å². The molecule has 3 N–H and O–H groups in total. The first-order chi connectivity index (χ1) is 6.35. The Labute approximate surface area is 77.9 Å². The fourth-order valence-electron chi connectivity index (χ4n) is 1.89. The van der Waals surface area contributed by atoms with E-state index in [0.29, 0.717) is 6.04 Å². The number of ether oxygens (including phenoxy) is 1. The molecule has 3 heteroatoms. The van der Waals surface area contributed by atoms with Crippen molar-refractivity contribution in [3.8, 4) is 5.75 Å². The average Bonchev–Trinajstić information content (AvgIpc) is 2.59. The maximum absolute atomic E-state index is 5.44. The summed E-state index contributed by atoms with van der Waals surface area (Å²) in [5, 5.41) is 0. The van der Waals surface area contributed by atoms with E-state index < -0.39 is 0 Å². The molecule has 0 spiro atoms. The van der Waals surface area contributed by atoms with Gasteiger partial charge in [-0.3, -0.25) is 11.3 Å². The number of aryl methyl sites for hydroxylation is 1. The quantitative estimate of drug-likeness (QED) is 0.527. The molecule has 0 saturated heterocycles. The van der Waals surface area contributed by atoms with Crippen LogP contribution in [0.4, 0.5) is 0 Å². The zero-order valence-electron chi connectivity index (χ0n) is 7.71. The Hall–Kier alpha value is -1.06. The lowest BCUT2D eigenvalue weighted by Crippen LogP contribution is -2.26. The molecule has 0 radical (unpaired) electrons. The maximum Gasteiger partial charge on any atom is 0.119 e. The topological polar surface area (TPSA) is 47.3 Å². The smallest absolute Gasteiger partial charge is 0.119 e. The van der Waals surface area contributed by atoms with Crippen molar-refractivity contribution >= 4 is 0 Å². The molecule has 70 valence electrons. The number of fused-ring (bicyclic) bond motifs is 1. The summed E-state index contributed by atoms with van der Waals surface area (Å²) in [6.45, 7) is 0. The van der Waals surface area contributed by atoms with Crippen LogP contribution in [0.15, 0.2) is 18.2 Å². The van der Waals surface area contributed by atoms with Crippen LogP contribution in [0, 0.1) is 0 Å². The highest BCUT2D eigenvalue weighted by molar-refractivity contribution is 5.40. The number of methoxy groups -OCH3 is 1. The van der Waals surface area contributed by atoms with Gasteiger partial charge in [0, 0.05) is 6.04 Å².